The first-order valence-corrected chi connectivity index (χ1v) is 21.1. The fourth-order valence-electron chi connectivity index (χ4n) is 13.1. The number of fused-ring (bicyclic) bond motifs is 4. The van der Waals surface area contributed by atoms with Gasteiger partial charge in [-0.2, -0.15) is 0 Å². The van der Waals surface area contributed by atoms with Crippen LogP contribution in [0.15, 0.2) is 83.1 Å². The van der Waals surface area contributed by atoms with Gasteiger partial charge in [0.15, 0.2) is 0 Å². The lowest BCUT2D eigenvalue weighted by Crippen LogP contribution is -2.62. The van der Waals surface area contributed by atoms with Gasteiger partial charge in [-0.25, -0.2) is 0 Å². The molecule has 1 aliphatic heterocycles. The van der Waals surface area contributed by atoms with Gasteiger partial charge in [0.1, 0.15) is 0 Å². The molecule has 0 aromatic rings. The molecule has 0 aromatic carbocycles. The van der Waals surface area contributed by atoms with Crippen molar-refractivity contribution in [3.8, 4) is 0 Å². The van der Waals surface area contributed by atoms with Crippen LogP contribution in [0.2, 0.25) is 0 Å². The zero-order valence-corrected chi connectivity index (χ0v) is 30.0. The van der Waals surface area contributed by atoms with Crippen LogP contribution in [0, 0.1) is 23.7 Å². The van der Waals surface area contributed by atoms with Gasteiger partial charge < -0.3 is 0 Å². The third-order valence-corrected chi connectivity index (χ3v) is 15.2. The molecule has 1 heterocycles. The second kappa shape index (κ2) is 14.4. The van der Waals surface area contributed by atoms with Gasteiger partial charge in [-0.15, -0.1) is 0 Å². The van der Waals surface area contributed by atoms with E-state index in [-0.39, 0.29) is 0 Å². The molecule has 8 aliphatic carbocycles. The van der Waals surface area contributed by atoms with E-state index in [1.807, 2.05) is 16.7 Å². The quantitative estimate of drug-likeness (QED) is 0.266. The summed E-state index contributed by atoms with van der Waals surface area (Å²) in [6.07, 6.45) is 55.6. The number of rotatable bonds is 6. The highest BCUT2D eigenvalue weighted by Gasteiger charge is 2.58. The van der Waals surface area contributed by atoms with Crippen molar-refractivity contribution in [3.05, 3.63) is 83.1 Å². The van der Waals surface area contributed by atoms with Crippen molar-refractivity contribution < 1.29 is 0 Å². The van der Waals surface area contributed by atoms with Crippen molar-refractivity contribution in [2.24, 2.45) is 23.7 Å². The summed E-state index contributed by atoms with van der Waals surface area (Å²) in [5.74, 6) is 3.43. The van der Waals surface area contributed by atoms with Gasteiger partial charge in [-0.1, -0.05) is 83.9 Å². The van der Waals surface area contributed by atoms with Crippen molar-refractivity contribution in [3.63, 3.8) is 0 Å². The first-order valence-electron chi connectivity index (χ1n) is 21.1. The molecule has 0 amide bonds. The molecular formula is C46H64N2. The Bertz CT molecular complexity index is 1380. The highest BCUT2D eigenvalue weighted by molar-refractivity contribution is 5.40. The fourth-order valence-corrected chi connectivity index (χ4v) is 13.1. The largest absolute Gasteiger partial charge is 0.293 e. The summed E-state index contributed by atoms with van der Waals surface area (Å²) in [5.41, 5.74) is 7.27. The Morgan fingerprint density at radius 1 is 0.583 bits per heavy atom. The molecule has 8 atom stereocenters. The molecule has 1 saturated heterocycles. The van der Waals surface area contributed by atoms with Crippen LogP contribution in [0.3, 0.4) is 0 Å². The Morgan fingerprint density at radius 3 is 2.31 bits per heavy atom. The van der Waals surface area contributed by atoms with Crippen molar-refractivity contribution in [1.82, 2.24) is 9.80 Å². The molecule has 0 N–H and O–H groups in total. The molecule has 5 unspecified atom stereocenters. The molecule has 0 radical (unpaired) electrons. The summed E-state index contributed by atoms with van der Waals surface area (Å²) in [6, 6.07) is 4.16. The summed E-state index contributed by atoms with van der Waals surface area (Å²) >= 11 is 0. The van der Waals surface area contributed by atoms with E-state index < -0.39 is 0 Å². The number of hydrogen-bond acceptors (Lipinski definition) is 2. The summed E-state index contributed by atoms with van der Waals surface area (Å²) in [4.78, 5) is 6.52. The molecule has 258 valence electrons. The second-order valence-electron chi connectivity index (χ2n) is 17.5. The lowest BCUT2D eigenvalue weighted by molar-refractivity contribution is -0.0288. The van der Waals surface area contributed by atoms with Gasteiger partial charge in [0, 0.05) is 36.3 Å². The normalized spacial score (nSPS) is 41.5. The van der Waals surface area contributed by atoms with Gasteiger partial charge in [-0.3, -0.25) is 9.80 Å². The molecule has 0 aromatic heterocycles. The van der Waals surface area contributed by atoms with E-state index >= 15 is 0 Å². The average Bonchev–Trinajstić information content (AvgIpc) is 3.52. The Morgan fingerprint density at radius 2 is 1.52 bits per heavy atom. The first kappa shape index (κ1) is 32.0. The minimum atomic E-state index is 0.563. The third kappa shape index (κ3) is 6.08. The highest BCUT2D eigenvalue weighted by atomic mass is 15.3. The van der Waals surface area contributed by atoms with Gasteiger partial charge in [0.05, 0.1) is 0 Å². The summed E-state index contributed by atoms with van der Waals surface area (Å²) in [7, 11) is 0. The van der Waals surface area contributed by atoms with E-state index in [1.165, 1.54) is 141 Å². The van der Waals surface area contributed by atoms with Crippen LogP contribution in [0.5, 0.6) is 0 Å². The van der Waals surface area contributed by atoms with Gasteiger partial charge in [-0.05, 0) is 164 Å². The van der Waals surface area contributed by atoms with Crippen LogP contribution in [0.4, 0.5) is 0 Å². The Kier molecular flexibility index (Phi) is 9.60. The molecule has 0 spiro atoms. The summed E-state index contributed by atoms with van der Waals surface area (Å²) < 4.78 is 0. The lowest BCUT2D eigenvalue weighted by atomic mass is 9.68. The molecular weight excluding hydrogens is 581 g/mol. The molecule has 9 aliphatic rings. The van der Waals surface area contributed by atoms with Crippen LogP contribution < -0.4 is 0 Å². The van der Waals surface area contributed by atoms with E-state index in [0.29, 0.717) is 18.1 Å². The summed E-state index contributed by atoms with van der Waals surface area (Å²) in [6.45, 7) is 0. The van der Waals surface area contributed by atoms with E-state index in [9.17, 15) is 0 Å². The SMILES string of the molecule is C1=CCC(N2C3C4=C(CCC=C4)CCC3[C@@H]3CCCC(N(C4CCC(C5=CCCCC5)CC4)[C@H]4CC=C([C@H]5CC=CCC5)CC4)C32)C=C1. The first-order chi connectivity index (χ1) is 23.8. The predicted octanol–water partition coefficient (Wildman–Crippen LogP) is 11.3. The molecule has 2 saturated carbocycles. The molecule has 2 nitrogen and oxygen atoms in total. The van der Waals surface area contributed by atoms with Crippen LogP contribution in [-0.4, -0.2) is 46.1 Å². The van der Waals surface area contributed by atoms with Crippen LogP contribution >= 0.6 is 0 Å². The summed E-state index contributed by atoms with van der Waals surface area (Å²) in [5, 5.41) is 0. The molecule has 9 rings (SSSR count). The smallest absolute Gasteiger partial charge is 0.0388 e. The minimum Gasteiger partial charge on any atom is -0.293 e. The predicted molar refractivity (Wildman–Crippen MR) is 202 cm³/mol. The molecule has 0 bridgehead atoms. The fraction of sp³-hybridized carbons (Fsp3) is 0.696. The Hall–Kier alpha value is -1.90. The van der Waals surface area contributed by atoms with E-state index in [2.05, 4.69) is 70.6 Å². The van der Waals surface area contributed by atoms with Crippen LogP contribution in [0.1, 0.15) is 141 Å². The standard InChI is InChI=1S/C46H64N2/c1-4-13-33(14-5-1)35-23-28-39(29-24-35)47(40-30-25-36(26-31-40)34-15-6-2-7-16-34)44-22-12-21-42-43-32-27-37-17-10-11-20-41(37)45(43)48(46(42)44)38-18-8-3-9-19-38/h1,3-4,8-9,11,15,18,20,23,33,36,38-40,42-46H,2,5-7,10,12-14,16-17,19,21-22,24-32H2/t33-,36?,38?,39-,40?,42-,43?,44?,45?,46?/m0/s1. The van der Waals surface area contributed by atoms with Crippen LogP contribution in [-0.2, 0) is 0 Å². The monoisotopic (exact) mass is 645 g/mol. The van der Waals surface area contributed by atoms with Gasteiger partial charge >= 0.3 is 0 Å². The van der Waals surface area contributed by atoms with E-state index in [1.54, 1.807) is 5.57 Å². The van der Waals surface area contributed by atoms with Crippen molar-refractivity contribution in [2.75, 3.05) is 0 Å². The van der Waals surface area contributed by atoms with Crippen molar-refractivity contribution >= 4 is 0 Å². The van der Waals surface area contributed by atoms with E-state index in [0.717, 1.165) is 41.8 Å². The van der Waals surface area contributed by atoms with E-state index in [4.69, 9.17) is 0 Å². The second-order valence-corrected chi connectivity index (χ2v) is 17.5. The molecule has 48 heavy (non-hydrogen) atoms. The Balaban J connectivity index is 1.05. The maximum absolute atomic E-state index is 3.31. The number of nitrogens with zero attached hydrogens (tertiary/aromatic N) is 2. The maximum atomic E-state index is 3.31. The third-order valence-electron chi connectivity index (χ3n) is 15.2. The zero-order valence-electron chi connectivity index (χ0n) is 30.0. The van der Waals surface area contributed by atoms with Gasteiger partial charge in [0.2, 0.25) is 0 Å². The maximum Gasteiger partial charge on any atom is 0.0388 e. The number of allylic oxidation sites excluding steroid dienone is 9. The average molecular weight is 645 g/mol. The molecule has 3 fully saturated rings. The topological polar surface area (TPSA) is 6.48 Å². The highest BCUT2D eigenvalue weighted by Crippen LogP contribution is 2.55. The molecule has 2 heteroatoms. The van der Waals surface area contributed by atoms with Crippen molar-refractivity contribution in [2.45, 2.75) is 178 Å². The number of likely N-dealkylation sites (tertiary alicyclic amines) is 1. The Labute approximate surface area is 293 Å². The minimum absolute atomic E-state index is 0.563. The van der Waals surface area contributed by atoms with Crippen LogP contribution in [0.25, 0.3) is 0 Å². The lowest BCUT2D eigenvalue weighted by Gasteiger charge is -2.53. The van der Waals surface area contributed by atoms with Gasteiger partial charge in [0.25, 0.3) is 0 Å². The zero-order chi connectivity index (χ0) is 31.9. The van der Waals surface area contributed by atoms with Crippen molar-refractivity contribution in [1.29, 1.82) is 0 Å². The number of hydrogen-bond donors (Lipinski definition) is 0.